The summed E-state index contributed by atoms with van der Waals surface area (Å²) in [6, 6.07) is 4.35. The molecule has 0 spiro atoms. The second-order valence-corrected chi connectivity index (χ2v) is 7.27. The maximum absolute atomic E-state index is 11.2. The fourth-order valence-electron chi connectivity index (χ4n) is 1.87. The summed E-state index contributed by atoms with van der Waals surface area (Å²) in [5.74, 6) is 0. The van der Waals surface area contributed by atoms with Gasteiger partial charge in [-0.05, 0) is 45.4 Å². The molecule has 0 saturated carbocycles. The van der Waals surface area contributed by atoms with Gasteiger partial charge in [0.1, 0.15) is 16.7 Å². The standard InChI is InChI=1S/C13H22N4O3S2/c1-16(2)7-6-10(21-3)9-15-12-5-4-11(22(14)20)8-13(12)17(18)19/h4-5,8,10,15H,6-7,9,14H2,1-3H3. The second-order valence-electron chi connectivity index (χ2n) is 5.06. The zero-order valence-corrected chi connectivity index (χ0v) is 14.6. The van der Waals surface area contributed by atoms with Gasteiger partial charge < -0.3 is 10.2 Å². The molecule has 2 unspecified atom stereocenters. The average molecular weight is 346 g/mol. The van der Waals surface area contributed by atoms with E-state index in [2.05, 4.69) is 10.2 Å². The van der Waals surface area contributed by atoms with Gasteiger partial charge in [-0.1, -0.05) is 0 Å². The van der Waals surface area contributed by atoms with Crippen LogP contribution in [0.2, 0.25) is 0 Å². The molecule has 1 aromatic carbocycles. The average Bonchev–Trinajstić information content (AvgIpc) is 2.46. The molecule has 2 atom stereocenters. The van der Waals surface area contributed by atoms with Crippen LogP contribution in [-0.4, -0.2) is 52.7 Å². The van der Waals surface area contributed by atoms with E-state index in [0.717, 1.165) is 13.0 Å². The maximum Gasteiger partial charge on any atom is 0.293 e. The van der Waals surface area contributed by atoms with Crippen LogP contribution in [0.3, 0.4) is 0 Å². The third-order valence-electron chi connectivity index (χ3n) is 3.15. The maximum atomic E-state index is 11.2. The lowest BCUT2D eigenvalue weighted by Gasteiger charge is -2.18. The second kappa shape index (κ2) is 9.09. The quantitative estimate of drug-likeness (QED) is 0.521. The van der Waals surface area contributed by atoms with Crippen LogP contribution < -0.4 is 10.5 Å². The number of benzene rings is 1. The van der Waals surface area contributed by atoms with E-state index in [0.29, 0.717) is 17.5 Å². The molecule has 0 heterocycles. The minimum absolute atomic E-state index is 0.108. The van der Waals surface area contributed by atoms with Crippen LogP contribution in [0.1, 0.15) is 6.42 Å². The van der Waals surface area contributed by atoms with Gasteiger partial charge >= 0.3 is 0 Å². The summed E-state index contributed by atoms with van der Waals surface area (Å²) in [4.78, 5) is 13.0. The van der Waals surface area contributed by atoms with Crippen molar-refractivity contribution in [3.63, 3.8) is 0 Å². The van der Waals surface area contributed by atoms with Gasteiger partial charge in [0.05, 0.1) is 9.82 Å². The summed E-state index contributed by atoms with van der Waals surface area (Å²) in [6.07, 6.45) is 3.01. The first-order valence-electron chi connectivity index (χ1n) is 6.71. The Hall–Kier alpha value is -1.16. The minimum atomic E-state index is -1.73. The van der Waals surface area contributed by atoms with E-state index in [1.165, 1.54) is 6.07 Å². The van der Waals surface area contributed by atoms with Crippen LogP contribution in [-0.2, 0) is 11.0 Å². The number of nitrogens with zero attached hydrogens (tertiary/aromatic N) is 2. The molecular formula is C13H22N4O3S2. The fraction of sp³-hybridized carbons (Fsp3) is 0.538. The molecule has 1 rings (SSSR count). The summed E-state index contributed by atoms with van der Waals surface area (Å²) in [5, 5.41) is 19.9. The number of anilines is 1. The molecule has 0 saturated heterocycles. The lowest BCUT2D eigenvalue weighted by Crippen LogP contribution is -2.23. The normalized spacial score (nSPS) is 13.9. The summed E-state index contributed by atoms with van der Waals surface area (Å²) < 4.78 is 11.2. The Bertz CT molecular complexity index is 540. The lowest BCUT2D eigenvalue weighted by molar-refractivity contribution is -0.384. The van der Waals surface area contributed by atoms with Crippen LogP contribution >= 0.6 is 11.8 Å². The van der Waals surface area contributed by atoms with Gasteiger partial charge in [0.2, 0.25) is 0 Å². The molecule has 124 valence electrons. The van der Waals surface area contributed by atoms with Crippen LogP contribution in [0.4, 0.5) is 11.4 Å². The first-order chi connectivity index (χ1) is 10.3. The van der Waals surface area contributed by atoms with Gasteiger partial charge in [-0.25, -0.2) is 9.35 Å². The Morgan fingerprint density at radius 2 is 2.18 bits per heavy atom. The Labute approximate surface area is 137 Å². The van der Waals surface area contributed by atoms with Crippen molar-refractivity contribution in [3.8, 4) is 0 Å². The molecular weight excluding hydrogens is 324 g/mol. The SMILES string of the molecule is CSC(CCN(C)C)CNc1ccc(S(N)=O)cc1[N+](=O)[O-]. The number of hydrogen-bond donors (Lipinski definition) is 2. The summed E-state index contributed by atoms with van der Waals surface area (Å²) in [5.41, 5.74) is 0.312. The van der Waals surface area contributed by atoms with Crippen molar-refractivity contribution >= 4 is 34.1 Å². The molecule has 0 radical (unpaired) electrons. The Kier molecular flexibility index (Phi) is 7.80. The number of rotatable bonds is 9. The van der Waals surface area contributed by atoms with Gasteiger partial charge in [0, 0.05) is 17.9 Å². The number of hydrogen-bond acceptors (Lipinski definition) is 6. The zero-order chi connectivity index (χ0) is 16.7. The van der Waals surface area contributed by atoms with E-state index < -0.39 is 15.9 Å². The summed E-state index contributed by atoms with van der Waals surface area (Å²) in [6.45, 7) is 1.58. The fourth-order valence-corrected chi connectivity index (χ4v) is 2.89. The van der Waals surface area contributed by atoms with Gasteiger partial charge in [-0.15, -0.1) is 0 Å². The first-order valence-corrected chi connectivity index (χ1v) is 9.21. The molecule has 0 aliphatic rings. The molecule has 0 amide bonds. The molecule has 0 aliphatic carbocycles. The van der Waals surface area contributed by atoms with Crippen molar-refractivity contribution in [3.05, 3.63) is 28.3 Å². The van der Waals surface area contributed by atoms with Gasteiger partial charge in [0.15, 0.2) is 0 Å². The number of nitrogens with one attached hydrogen (secondary N) is 1. The highest BCUT2D eigenvalue weighted by Crippen LogP contribution is 2.27. The predicted octanol–water partition coefficient (Wildman–Crippen LogP) is 1.67. The van der Waals surface area contributed by atoms with Gasteiger partial charge in [-0.3, -0.25) is 10.1 Å². The van der Waals surface area contributed by atoms with E-state index in [1.807, 2.05) is 20.4 Å². The van der Waals surface area contributed by atoms with Crippen LogP contribution in [0.15, 0.2) is 23.1 Å². The third-order valence-corrected chi connectivity index (χ3v) is 4.94. The summed E-state index contributed by atoms with van der Waals surface area (Å²) in [7, 11) is 2.30. The number of thioether (sulfide) groups is 1. The molecule has 1 aromatic rings. The molecule has 9 heteroatoms. The van der Waals surface area contributed by atoms with Gasteiger partial charge in [0.25, 0.3) is 5.69 Å². The molecule has 0 fully saturated rings. The highest BCUT2D eigenvalue weighted by molar-refractivity contribution is 7.99. The Morgan fingerprint density at radius 1 is 1.50 bits per heavy atom. The topological polar surface area (TPSA) is 102 Å². The monoisotopic (exact) mass is 346 g/mol. The molecule has 0 bridgehead atoms. The lowest BCUT2D eigenvalue weighted by atomic mass is 10.2. The van der Waals surface area contributed by atoms with Crippen molar-refractivity contribution in [2.24, 2.45) is 5.14 Å². The Balaban J connectivity index is 2.79. The van der Waals surface area contributed by atoms with Crippen LogP contribution in [0.5, 0.6) is 0 Å². The zero-order valence-electron chi connectivity index (χ0n) is 12.9. The van der Waals surface area contributed by atoms with E-state index in [4.69, 9.17) is 5.14 Å². The number of nitro benzene ring substituents is 1. The molecule has 0 aliphatic heterocycles. The van der Waals surface area contributed by atoms with Crippen molar-refractivity contribution in [2.75, 3.05) is 38.8 Å². The largest absolute Gasteiger partial charge is 0.378 e. The Morgan fingerprint density at radius 3 is 2.68 bits per heavy atom. The van der Waals surface area contributed by atoms with Crippen LogP contribution in [0, 0.1) is 10.1 Å². The van der Waals surface area contributed by atoms with E-state index >= 15 is 0 Å². The predicted molar refractivity (Wildman–Crippen MR) is 92.7 cm³/mol. The van der Waals surface area contributed by atoms with Gasteiger partial charge in [-0.2, -0.15) is 11.8 Å². The van der Waals surface area contributed by atoms with E-state index in [9.17, 15) is 14.3 Å². The van der Waals surface area contributed by atoms with Crippen molar-refractivity contribution in [1.29, 1.82) is 0 Å². The summed E-state index contributed by atoms with van der Waals surface area (Å²) >= 11 is 1.73. The van der Waals surface area contributed by atoms with Crippen LogP contribution in [0.25, 0.3) is 0 Å². The van der Waals surface area contributed by atoms with Crippen molar-refractivity contribution in [2.45, 2.75) is 16.6 Å². The molecule has 0 aromatic heterocycles. The van der Waals surface area contributed by atoms with E-state index in [-0.39, 0.29) is 10.6 Å². The smallest absolute Gasteiger partial charge is 0.293 e. The molecule has 3 N–H and O–H groups in total. The number of nitro groups is 1. The van der Waals surface area contributed by atoms with Crippen molar-refractivity contribution in [1.82, 2.24) is 4.90 Å². The minimum Gasteiger partial charge on any atom is -0.378 e. The van der Waals surface area contributed by atoms with Crippen molar-refractivity contribution < 1.29 is 9.13 Å². The molecule has 22 heavy (non-hydrogen) atoms. The first kappa shape index (κ1) is 18.9. The number of nitrogens with two attached hydrogens (primary N) is 1. The highest BCUT2D eigenvalue weighted by Gasteiger charge is 2.17. The van der Waals surface area contributed by atoms with E-state index in [1.54, 1.807) is 23.9 Å². The molecule has 7 nitrogen and oxygen atoms in total. The highest BCUT2D eigenvalue weighted by atomic mass is 32.2. The third kappa shape index (κ3) is 5.91.